The van der Waals surface area contributed by atoms with Crippen LogP contribution >= 0.6 is 12.0 Å². The van der Waals surface area contributed by atoms with E-state index in [9.17, 15) is 5.11 Å². The van der Waals surface area contributed by atoms with Crippen LogP contribution < -0.4 is 5.73 Å². The maximum atomic E-state index is 9.92. The molecule has 5 N–H and O–H groups in total. The first-order chi connectivity index (χ1) is 8.67. The van der Waals surface area contributed by atoms with Crippen LogP contribution in [-0.4, -0.2) is 10.4 Å². The molecule has 0 aromatic heterocycles. The zero-order chi connectivity index (χ0) is 13.1. The van der Waals surface area contributed by atoms with E-state index in [0.717, 1.165) is 12.0 Å². The number of nitrogens with one attached hydrogen (secondary N) is 1. The highest BCUT2D eigenvalue weighted by molar-refractivity contribution is 7.94. The van der Waals surface area contributed by atoms with Crippen LogP contribution in [0.5, 0.6) is 5.75 Å². The van der Waals surface area contributed by atoms with Crippen molar-refractivity contribution in [3.63, 3.8) is 0 Å². The molecule has 0 fully saturated rings. The maximum Gasteiger partial charge on any atom is 0.126 e. The molecule has 0 amide bonds. The maximum absolute atomic E-state index is 9.92. The Morgan fingerprint density at radius 3 is 2.78 bits per heavy atom. The number of rotatable bonds is 4. The summed E-state index contributed by atoms with van der Waals surface area (Å²) in [6.45, 7) is 0. The number of phenolic OH excluding ortho intramolecular Hbond substituents is 1. The molecule has 2 aromatic rings. The van der Waals surface area contributed by atoms with E-state index < -0.39 is 0 Å². The molecule has 8 heteroatoms. The molecule has 0 aliphatic carbocycles. The van der Waals surface area contributed by atoms with Crippen molar-refractivity contribution in [2.24, 2.45) is 5.11 Å². The van der Waals surface area contributed by atoms with Gasteiger partial charge in [0.1, 0.15) is 11.4 Å². The number of hydrogen-bond acceptors (Lipinski definition) is 8. The molecule has 94 valence electrons. The van der Waals surface area contributed by atoms with Gasteiger partial charge < -0.3 is 10.8 Å². The first-order valence-electron chi connectivity index (χ1n) is 4.74. The van der Waals surface area contributed by atoms with Gasteiger partial charge in [-0.1, -0.05) is 11.1 Å². The smallest absolute Gasteiger partial charge is 0.126 e. The summed E-state index contributed by atoms with van der Waals surface area (Å²) in [6, 6.07) is 6.34. The topological polar surface area (TPSA) is 121 Å². The number of benzene rings is 2. The molecular weight excluding hydrogens is 258 g/mol. The fourth-order valence-corrected chi connectivity index (χ4v) is 2.08. The lowest BCUT2D eigenvalue weighted by atomic mass is 10.1. The van der Waals surface area contributed by atoms with E-state index in [2.05, 4.69) is 14.5 Å². The van der Waals surface area contributed by atoms with Crippen molar-refractivity contribution in [3.8, 4) is 5.75 Å². The minimum absolute atomic E-state index is 0.0881. The SMILES string of the molecule is N=Nc1c(N)ccc2cc(SOOO)cc(O)c12. The van der Waals surface area contributed by atoms with E-state index in [0.29, 0.717) is 21.4 Å². The van der Waals surface area contributed by atoms with Gasteiger partial charge in [-0.2, -0.15) is 5.11 Å². The summed E-state index contributed by atoms with van der Waals surface area (Å²) in [4.78, 5) is 0.509. The number of fused-ring (bicyclic) bond motifs is 1. The number of phenols is 1. The average Bonchev–Trinajstić information content (AvgIpc) is 2.37. The van der Waals surface area contributed by atoms with Crippen LogP contribution in [-0.2, 0) is 9.37 Å². The number of hydrogen-bond donors (Lipinski definition) is 4. The molecule has 0 spiro atoms. The quantitative estimate of drug-likeness (QED) is 0.222. The Labute approximate surface area is 106 Å². The van der Waals surface area contributed by atoms with Crippen molar-refractivity contribution < 1.29 is 19.7 Å². The minimum Gasteiger partial charge on any atom is -0.507 e. The van der Waals surface area contributed by atoms with Gasteiger partial charge in [0.05, 0.1) is 23.1 Å². The molecular formula is C10H9N3O4S. The van der Waals surface area contributed by atoms with Crippen LogP contribution in [0.1, 0.15) is 0 Å². The predicted octanol–water partition coefficient (Wildman–Crippen LogP) is 3.22. The van der Waals surface area contributed by atoms with Gasteiger partial charge in [0.25, 0.3) is 0 Å². The van der Waals surface area contributed by atoms with Crippen molar-refractivity contribution in [1.82, 2.24) is 0 Å². The second-order valence-corrected chi connectivity index (χ2v) is 4.16. The number of anilines is 1. The van der Waals surface area contributed by atoms with E-state index in [1.54, 1.807) is 18.2 Å². The van der Waals surface area contributed by atoms with Gasteiger partial charge in [0.2, 0.25) is 0 Å². The van der Waals surface area contributed by atoms with E-state index in [4.69, 9.17) is 16.5 Å². The van der Waals surface area contributed by atoms with Crippen LogP contribution in [0.4, 0.5) is 11.4 Å². The van der Waals surface area contributed by atoms with Gasteiger partial charge in [-0.3, -0.25) is 0 Å². The Hall–Kier alpha value is -1.87. The Balaban J connectivity index is 2.61. The summed E-state index contributed by atoms with van der Waals surface area (Å²) >= 11 is 0.726. The van der Waals surface area contributed by atoms with E-state index in [1.807, 2.05) is 0 Å². The molecule has 0 atom stereocenters. The Morgan fingerprint density at radius 1 is 1.33 bits per heavy atom. The number of nitrogens with two attached hydrogens (primary N) is 1. The zero-order valence-electron chi connectivity index (χ0n) is 8.95. The summed E-state index contributed by atoms with van der Waals surface area (Å²) in [6.07, 6.45) is 0. The van der Waals surface area contributed by atoms with Crippen molar-refractivity contribution in [3.05, 3.63) is 24.3 Å². The second kappa shape index (κ2) is 5.19. The molecule has 0 saturated carbocycles. The largest absolute Gasteiger partial charge is 0.507 e. The highest BCUT2D eigenvalue weighted by Gasteiger charge is 2.11. The molecule has 0 aliphatic heterocycles. The third-order valence-corrected chi connectivity index (χ3v) is 2.90. The molecule has 0 radical (unpaired) electrons. The normalized spacial score (nSPS) is 10.7. The fourth-order valence-electron chi connectivity index (χ4n) is 1.64. The molecule has 7 nitrogen and oxygen atoms in total. The van der Waals surface area contributed by atoms with Crippen LogP contribution in [0.3, 0.4) is 0 Å². The first kappa shape index (κ1) is 12.6. The lowest BCUT2D eigenvalue weighted by molar-refractivity contribution is -0.432. The van der Waals surface area contributed by atoms with Crippen molar-refractivity contribution in [1.29, 1.82) is 5.53 Å². The molecule has 0 unspecified atom stereocenters. The third kappa shape index (κ3) is 2.22. The van der Waals surface area contributed by atoms with Gasteiger partial charge in [0.15, 0.2) is 0 Å². The Kier molecular flexibility index (Phi) is 3.63. The molecule has 2 aromatic carbocycles. The predicted molar refractivity (Wildman–Crippen MR) is 65.5 cm³/mol. The molecule has 0 bridgehead atoms. The zero-order valence-corrected chi connectivity index (χ0v) is 9.77. The van der Waals surface area contributed by atoms with Crippen LogP contribution in [0.25, 0.3) is 10.8 Å². The van der Waals surface area contributed by atoms with Gasteiger partial charge >= 0.3 is 0 Å². The number of aromatic hydroxyl groups is 1. The van der Waals surface area contributed by atoms with Gasteiger partial charge in [0, 0.05) is 4.90 Å². The lowest BCUT2D eigenvalue weighted by Gasteiger charge is -2.08. The second-order valence-electron chi connectivity index (χ2n) is 3.38. The van der Waals surface area contributed by atoms with Crippen LogP contribution in [0.2, 0.25) is 0 Å². The average molecular weight is 267 g/mol. The fraction of sp³-hybridized carbons (Fsp3) is 0. The molecule has 2 rings (SSSR count). The molecule has 18 heavy (non-hydrogen) atoms. The van der Waals surface area contributed by atoms with Crippen LogP contribution in [0.15, 0.2) is 34.3 Å². The lowest BCUT2D eigenvalue weighted by Crippen LogP contribution is -1.87. The van der Waals surface area contributed by atoms with Gasteiger partial charge in [-0.05, 0) is 23.6 Å². The summed E-state index contributed by atoms with van der Waals surface area (Å²) in [5.74, 6) is -0.0881. The first-order valence-corrected chi connectivity index (χ1v) is 5.49. The van der Waals surface area contributed by atoms with E-state index >= 15 is 0 Å². The number of nitrogen functional groups attached to an aromatic ring is 1. The highest BCUT2D eigenvalue weighted by atomic mass is 32.2. The molecule has 0 heterocycles. The standard InChI is InChI=1S/C10H9N3O4S/c11-7-2-1-5-3-6(18-17-16-15)4-8(14)9(5)10(7)13-12/h1-4,12,14-15H,11H2. The molecule has 0 aliphatic rings. The van der Waals surface area contributed by atoms with Crippen molar-refractivity contribution in [2.45, 2.75) is 4.90 Å². The Morgan fingerprint density at radius 2 is 2.11 bits per heavy atom. The highest BCUT2D eigenvalue weighted by Crippen LogP contribution is 2.40. The Bertz CT molecular complexity index is 605. The summed E-state index contributed by atoms with van der Waals surface area (Å²) in [7, 11) is 0. The van der Waals surface area contributed by atoms with Gasteiger partial charge in [-0.25, -0.2) is 10.8 Å². The van der Waals surface area contributed by atoms with Crippen LogP contribution in [0, 0.1) is 5.53 Å². The third-order valence-electron chi connectivity index (χ3n) is 2.35. The van der Waals surface area contributed by atoms with E-state index in [1.165, 1.54) is 6.07 Å². The van der Waals surface area contributed by atoms with E-state index in [-0.39, 0.29) is 11.4 Å². The number of nitrogens with zero attached hydrogens (tertiary/aromatic N) is 1. The minimum atomic E-state index is -0.0881. The van der Waals surface area contributed by atoms with Crippen molar-refractivity contribution in [2.75, 3.05) is 5.73 Å². The van der Waals surface area contributed by atoms with Gasteiger partial charge in [-0.15, -0.1) is 4.33 Å². The molecule has 0 saturated heterocycles. The summed E-state index contributed by atoms with van der Waals surface area (Å²) in [5, 5.41) is 25.8. The monoisotopic (exact) mass is 267 g/mol. The summed E-state index contributed by atoms with van der Waals surface area (Å²) < 4.78 is 4.28. The van der Waals surface area contributed by atoms with Crippen molar-refractivity contribution >= 4 is 34.2 Å². The summed E-state index contributed by atoms with van der Waals surface area (Å²) in [5.41, 5.74) is 13.3.